The van der Waals surface area contributed by atoms with Crippen molar-refractivity contribution >= 4 is 5.97 Å². The third-order valence-electron chi connectivity index (χ3n) is 2.41. The van der Waals surface area contributed by atoms with Gasteiger partial charge >= 0.3 is 5.97 Å². The Hall–Kier alpha value is -0.610. The first kappa shape index (κ1) is 17.4. The lowest BCUT2D eigenvalue weighted by atomic mass is 10.2. The van der Waals surface area contributed by atoms with Crippen LogP contribution in [0.1, 0.15) is 46.5 Å². The molecule has 0 aromatic rings. The molecule has 0 spiro atoms. The van der Waals surface area contributed by atoms with Gasteiger partial charge in [0.15, 0.2) is 0 Å². The molecule has 0 radical (unpaired) electrons. The van der Waals surface area contributed by atoms with E-state index in [0.717, 1.165) is 45.6 Å². The second-order valence-electron chi connectivity index (χ2n) is 4.83. The number of hydrogen-bond donors (Lipinski definition) is 1. The van der Waals surface area contributed by atoms with Gasteiger partial charge in [-0.15, -0.1) is 0 Å². The highest BCUT2D eigenvalue weighted by Crippen LogP contribution is 2.00. The van der Waals surface area contributed by atoms with E-state index in [1.54, 1.807) is 0 Å². The van der Waals surface area contributed by atoms with E-state index >= 15 is 0 Å². The van der Waals surface area contributed by atoms with E-state index in [-0.39, 0.29) is 5.97 Å². The monoisotopic (exact) mass is 259 g/mol. The van der Waals surface area contributed by atoms with Crippen molar-refractivity contribution < 1.29 is 14.3 Å². The lowest BCUT2D eigenvalue weighted by molar-refractivity contribution is -0.143. The van der Waals surface area contributed by atoms with Crippen LogP contribution < -0.4 is 5.32 Å². The number of ether oxygens (including phenoxy) is 2. The fourth-order valence-corrected chi connectivity index (χ4v) is 1.52. The maximum atomic E-state index is 11.1. The fraction of sp³-hybridized carbons (Fsp3) is 0.929. The molecule has 0 aromatic heterocycles. The van der Waals surface area contributed by atoms with Gasteiger partial charge in [-0.25, -0.2) is 0 Å². The molecule has 4 heteroatoms. The van der Waals surface area contributed by atoms with E-state index < -0.39 is 0 Å². The number of nitrogens with one attached hydrogen (secondary N) is 1. The molecular weight excluding hydrogens is 230 g/mol. The van der Waals surface area contributed by atoms with Crippen LogP contribution in [-0.2, 0) is 14.3 Å². The number of rotatable bonds is 12. The molecule has 1 N–H and O–H groups in total. The Balaban J connectivity index is 3.05. The molecule has 0 aliphatic carbocycles. The molecule has 0 atom stereocenters. The molecule has 0 heterocycles. The number of unbranched alkanes of at least 4 members (excludes halogenated alkanes) is 2. The lowest BCUT2D eigenvalue weighted by Crippen LogP contribution is -2.21. The molecule has 18 heavy (non-hydrogen) atoms. The summed E-state index contributed by atoms with van der Waals surface area (Å²) in [4.78, 5) is 11.1. The smallest absolute Gasteiger partial charge is 0.305 e. The summed E-state index contributed by atoms with van der Waals surface area (Å²) in [7, 11) is 0. The zero-order valence-corrected chi connectivity index (χ0v) is 12.2. The Morgan fingerprint density at radius 1 is 1.17 bits per heavy atom. The molecule has 0 saturated carbocycles. The minimum Gasteiger partial charge on any atom is -0.466 e. The predicted octanol–water partition coefficient (Wildman–Crippen LogP) is 2.37. The highest BCUT2D eigenvalue weighted by atomic mass is 16.5. The van der Waals surface area contributed by atoms with Crippen LogP contribution in [0.25, 0.3) is 0 Å². The summed E-state index contributed by atoms with van der Waals surface area (Å²) in [6.45, 7) is 10.1. The normalized spacial score (nSPS) is 10.9. The van der Waals surface area contributed by atoms with E-state index in [1.165, 1.54) is 0 Å². The average molecular weight is 259 g/mol. The lowest BCUT2D eigenvalue weighted by Gasteiger charge is -2.07. The molecule has 0 bridgehead atoms. The molecule has 0 unspecified atom stereocenters. The molecule has 0 aliphatic heterocycles. The summed E-state index contributed by atoms with van der Waals surface area (Å²) in [6, 6.07) is 0. The number of carbonyl (C=O) groups is 1. The maximum Gasteiger partial charge on any atom is 0.305 e. The molecule has 0 amide bonds. The van der Waals surface area contributed by atoms with Gasteiger partial charge in [-0.05, 0) is 32.2 Å². The zero-order chi connectivity index (χ0) is 13.6. The highest BCUT2D eigenvalue weighted by Gasteiger charge is 2.00. The summed E-state index contributed by atoms with van der Waals surface area (Å²) in [5.74, 6) is 0.528. The van der Waals surface area contributed by atoms with Crippen molar-refractivity contribution in [2.24, 2.45) is 5.92 Å². The third kappa shape index (κ3) is 13.5. The SMILES string of the molecule is CCOC(=O)CCCCCNCCOCC(C)C. The number of esters is 1. The van der Waals surface area contributed by atoms with E-state index in [1.807, 2.05) is 6.92 Å². The van der Waals surface area contributed by atoms with Crippen LogP contribution in [-0.4, -0.2) is 38.9 Å². The molecule has 0 saturated heterocycles. The average Bonchev–Trinajstić information content (AvgIpc) is 2.31. The quantitative estimate of drug-likeness (QED) is 0.432. The third-order valence-corrected chi connectivity index (χ3v) is 2.41. The van der Waals surface area contributed by atoms with Crippen molar-refractivity contribution in [3.05, 3.63) is 0 Å². The van der Waals surface area contributed by atoms with Gasteiger partial charge in [0.05, 0.1) is 13.2 Å². The second kappa shape index (κ2) is 12.8. The second-order valence-corrected chi connectivity index (χ2v) is 4.83. The molecular formula is C14H29NO3. The van der Waals surface area contributed by atoms with Gasteiger partial charge in [0.1, 0.15) is 0 Å². The predicted molar refractivity (Wildman–Crippen MR) is 73.6 cm³/mol. The Kier molecular flexibility index (Phi) is 12.4. The first-order chi connectivity index (χ1) is 8.66. The van der Waals surface area contributed by atoms with Crippen molar-refractivity contribution in [3.8, 4) is 0 Å². The van der Waals surface area contributed by atoms with E-state index in [2.05, 4.69) is 19.2 Å². The van der Waals surface area contributed by atoms with Crippen LogP contribution in [0.3, 0.4) is 0 Å². The minimum absolute atomic E-state index is 0.0763. The Bertz CT molecular complexity index is 195. The summed E-state index contributed by atoms with van der Waals surface area (Å²) in [5, 5.41) is 3.33. The molecule has 108 valence electrons. The fourth-order valence-electron chi connectivity index (χ4n) is 1.52. The van der Waals surface area contributed by atoms with Crippen LogP contribution in [0.2, 0.25) is 0 Å². The van der Waals surface area contributed by atoms with Gasteiger partial charge in [-0.1, -0.05) is 20.3 Å². The first-order valence-corrected chi connectivity index (χ1v) is 7.10. The summed E-state index contributed by atoms with van der Waals surface area (Å²) in [6.07, 6.45) is 3.64. The van der Waals surface area contributed by atoms with E-state index in [4.69, 9.17) is 9.47 Å². The Labute approximate surface area is 111 Å². The van der Waals surface area contributed by atoms with Gasteiger partial charge in [-0.3, -0.25) is 4.79 Å². The van der Waals surface area contributed by atoms with Crippen molar-refractivity contribution in [1.82, 2.24) is 5.32 Å². The van der Waals surface area contributed by atoms with Crippen LogP contribution in [0, 0.1) is 5.92 Å². The van der Waals surface area contributed by atoms with Crippen LogP contribution in [0.4, 0.5) is 0 Å². The largest absolute Gasteiger partial charge is 0.466 e. The molecule has 0 rings (SSSR count). The van der Waals surface area contributed by atoms with E-state index in [9.17, 15) is 4.79 Å². The van der Waals surface area contributed by atoms with Crippen LogP contribution in [0.5, 0.6) is 0 Å². The minimum atomic E-state index is -0.0763. The van der Waals surface area contributed by atoms with Gasteiger partial charge in [-0.2, -0.15) is 0 Å². The van der Waals surface area contributed by atoms with Gasteiger partial charge in [0.2, 0.25) is 0 Å². The van der Waals surface area contributed by atoms with Crippen LogP contribution in [0.15, 0.2) is 0 Å². The van der Waals surface area contributed by atoms with Crippen molar-refractivity contribution in [1.29, 1.82) is 0 Å². The molecule has 0 aromatic carbocycles. The standard InChI is InChI=1S/C14H29NO3/c1-4-18-14(16)8-6-5-7-9-15-10-11-17-12-13(2)3/h13,15H,4-12H2,1-3H3. The number of carbonyl (C=O) groups excluding carboxylic acids is 1. The summed E-state index contributed by atoms with van der Waals surface area (Å²) in [5.41, 5.74) is 0. The van der Waals surface area contributed by atoms with Crippen molar-refractivity contribution in [2.75, 3.05) is 32.9 Å². The van der Waals surface area contributed by atoms with E-state index in [0.29, 0.717) is 18.9 Å². The topological polar surface area (TPSA) is 47.6 Å². The molecule has 0 aliphatic rings. The first-order valence-electron chi connectivity index (χ1n) is 7.10. The highest BCUT2D eigenvalue weighted by molar-refractivity contribution is 5.69. The Morgan fingerprint density at radius 3 is 2.61 bits per heavy atom. The molecule has 4 nitrogen and oxygen atoms in total. The van der Waals surface area contributed by atoms with Gasteiger partial charge < -0.3 is 14.8 Å². The number of hydrogen-bond acceptors (Lipinski definition) is 4. The van der Waals surface area contributed by atoms with Crippen molar-refractivity contribution in [2.45, 2.75) is 46.5 Å². The summed E-state index contributed by atoms with van der Waals surface area (Å²) < 4.78 is 10.3. The molecule has 0 fully saturated rings. The zero-order valence-electron chi connectivity index (χ0n) is 12.2. The maximum absolute atomic E-state index is 11.1. The van der Waals surface area contributed by atoms with Gasteiger partial charge in [0.25, 0.3) is 0 Å². The van der Waals surface area contributed by atoms with Gasteiger partial charge in [0, 0.05) is 19.6 Å². The van der Waals surface area contributed by atoms with Crippen LogP contribution >= 0.6 is 0 Å². The summed E-state index contributed by atoms with van der Waals surface area (Å²) >= 11 is 0. The van der Waals surface area contributed by atoms with Crippen molar-refractivity contribution in [3.63, 3.8) is 0 Å². The Morgan fingerprint density at radius 2 is 1.94 bits per heavy atom.